The predicted octanol–water partition coefficient (Wildman–Crippen LogP) is 3.30. The maximum atomic E-state index is 13.6. The molecule has 3 aromatic carbocycles. The van der Waals surface area contributed by atoms with E-state index in [9.17, 15) is 13.2 Å². The zero-order chi connectivity index (χ0) is 21.4. The number of hydrogen-bond donors (Lipinski definition) is 1. The molecule has 5 rings (SSSR count). The lowest BCUT2D eigenvalue weighted by Gasteiger charge is -2.25. The second-order valence-corrected chi connectivity index (χ2v) is 9.43. The number of fused-ring (bicyclic) bond motifs is 2. The van der Waals surface area contributed by atoms with Crippen LogP contribution in [0, 0.1) is 0 Å². The lowest BCUT2D eigenvalue weighted by molar-refractivity contribution is -0.120. The van der Waals surface area contributed by atoms with Crippen LogP contribution in [0.25, 0.3) is 11.0 Å². The molecule has 1 aliphatic heterocycles. The number of carbonyl (C=O) groups excluding carboxylic acids is 1. The van der Waals surface area contributed by atoms with Crippen LogP contribution in [0.2, 0.25) is 0 Å². The SMILES string of the molecule is O=C(C(NS(=O)(=O)c1cccc2nsnc12)c1ccccc1)N1CCc2ccccc21. The molecule has 31 heavy (non-hydrogen) atoms. The van der Waals surface area contributed by atoms with Gasteiger partial charge in [0.2, 0.25) is 15.9 Å². The molecule has 0 bridgehead atoms. The number of nitrogens with one attached hydrogen (secondary N) is 1. The van der Waals surface area contributed by atoms with Gasteiger partial charge in [0.1, 0.15) is 22.0 Å². The summed E-state index contributed by atoms with van der Waals surface area (Å²) in [5.74, 6) is -0.316. The summed E-state index contributed by atoms with van der Waals surface area (Å²) in [4.78, 5) is 15.3. The summed E-state index contributed by atoms with van der Waals surface area (Å²) < 4.78 is 37.6. The quantitative estimate of drug-likeness (QED) is 0.504. The summed E-state index contributed by atoms with van der Waals surface area (Å²) in [5, 5.41) is 0. The normalized spacial score (nSPS) is 14.5. The zero-order valence-electron chi connectivity index (χ0n) is 16.3. The molecule has 0 saturated heterocycles. The molecule has 156 valence electrons. The highest BCUT2D eigenvalue weighted by molar-refractivity contribution is 7.89. The van der Waals surface area contributed by atoms with Crippen LogP contribution in [0.15, 0.2) is 77.7 Å². The van der Waals surface area contributed by atoms with Crippen LogP contribution in [0.3, 0.4) is 0 Å². The Hall–Kier alpha value is -3.14. The average Bonchev–Trinajstić information content (AvgIpc) is 3.44. The summed E-state index contributed by atoms with van der Waals surface area (Å²) in [6, 6.07) is 20.3. The van der Waals surface area contributed by atoms with E-state index in [2.05, 4.69) is 13.5 Å². The van der Waals surface area contributed by atoms with Gasteiger partial charge in [-0.1, -0.05) is 54.6 Å². The highest BCUT2D eigenvalue weighted by atomic mass is 32.2. The van der Waals surface area contributed by atoms with Gasteiger partial charge in [-0.3, -0.25) is 4.79 Å². The van der Waals surface area contributed by atoms with Crippen LogP contribution in [0.5, 0.6) is 0 Å². The molecule has 1 aromatic heterocycles. The largest absolute Gasteiger partial charge is 0.310 e. The number of rotatable bonds is 5. The van der Waals surface area contributed by atoms with Crippen molar-refractivity contribution in [1.82, 2.24) is 13.5 Å². The minimum absolute atomic E-state index is 0.00861. The van der Waals surface area contributed by atoms with E-state index in [0.29, 0.717) is 23.1 Å². The Bertz CT molecular complexity index is 1370. The molecule has 1 N–H and O–H groups in total. The molecular formula is C22H18N4O3S2. The minimum Gasteiger partial charge on any atom is -0.310 e. The van der Waals surface area contributed by atoms with Gasteiger partial charge >= 0.3 is 0 Å². The smallest absolute Gasteiger partial charge is 0.249 e. The third kappa shape index (κ3) is 3.60. The number of carbonyl (C=O) groups is 1. The molecular weight excluding hydrogens is 432 g/mol. The van der Waals surface area contributed by atoms with Gasteiger partial charge in [-0.05, 0) is 35.7 Å². The maximum Gasteiger partial charge on any atom is 0.249 e. The first kappa shape index (κ1) is 19.8. The number of benzene rings is 3. The minimum atomic E-state index is -4.05. The molecule has 0 spiro atoms. The first-order valence-electron chi connectivity index (χ1n) is 9.72. The van der Waals surface area contributed by atoms with Crippen LogP contribution < -0.4 is 9.62 Å². The van der Waals surface area contributed by atoms with E-state index in [-0.39, 0.29) is 10.8 Å². The van der Waals surface area contributed by atoms with Gasteiger partial charge in [-0.2, -0.15) is 13.5 Å². The Labute approximate surface area is 183 Å². The Morgan fingerprint density at radius 2 is 1.74 bits per heavy atom. The van der Waals surface area contributed by atoms with Crippen LogP contribution in [-0.2, 0) is 21.2 Å². The highest BCUT2D eigenvalue weighted by Crippen LogP contribution is 2.31. The number of anilines is 1. The van der Waals surface area contributed by atoms with Crippen LogP contribution in [0.4, 0.5) is 5.69 Å². The summed E-state index contributed by atoms with van der Waals surface area (Å²) in [5.41, 5.74) is 3.26. The summed E-state index contributed by atoms with van der Waals surface area (Å²) in [6.07, 6.45) is 0.736. The Kier molecular flexibility index (Phi) is 5.01. The molecule has 2 heterocycles. The molecule has 0 aliphatic carbocycles. The number of hydrogen-bond acceptors (Lipinski definition) is 6. The van der Waals surface area contributed by atoms with Crippen molar-refractivity contribution < 1.29 is 13.2 Å². The van der Waals surface area contributed by atoms with E-state index >= 15 is 0 Å². The first-order valence-corrected chi connectivity index (χ1v) is 11.9. The average molecular weight is 451 g/mol. The standard InChI is InChI=1S/C22H18N4O3S2/c27-22(26-14-13-15-7-4-5-11-18(15)26)20(16-8-2-1-3-9-16)25-31(28,29)19-12-6-10-17-21(19)24-30-23-17/h1-12,20,25H,13-14H2. The molecule has 1 unspecified atom stereocenters. The third-order valence-electron chi connectivity index (χ3n) is 5.34. The number of para-hydroxylation sites is 1. The fourth-order valence-electron chi connectivity index (χ4n) is 3.85. The van der Waals surface area contributed by atoms with Gasteiger partial charge in [0.25, 0.3) is 0 Å². The van der Waals surface area contributed by atoms with E-state index in [1.165, 1.54) is 6.07 Å². The zero-order valence-corrected chi connectivity index (χ0v) is 17.9. The molecule has 0 fully saturated rings. The lowest BCUT2D eigenvalue weighted by Crippen LogP contribution is -2.42. The van der Waals surface area contributed by atoms with E-state index in [1.54, 1.807) is 41.3 Å². The maximum absolute atomic E-state index is 13.6. The number of aromatic nitrogens is 2. The second-order valence-electron chi connectivity index (χ2n) is 7.22. The lowest BCUT2D eigenvalue weighted by atomic mass is 10.1. The van der Waals surface area contributed by atoms with Crippen LogP contribution in [0.1, 0.15) is 17.2 Å². The number of amides is 1. The van der Waals surface area contributed by atoms with Gasteiger partial charge < -0.3 is 4.90 Å². The fraction of sp³-hybridized carbons (Fsp3) is 0.136. The first-order chi connectivity index (χ1) is 15.0. The Morgan fingerprint density at radius 1 is 0.968 bits per heavy atom. The van der Waals surface area contributed by atoms with Crippen molar-refractivity contribution in [3.63, 3.8) is 0 Å². The molecule has 0 saturated carbocycles. The van der Waals surface area contributed by atoms with Crippen molar-refractivity contribution >= 4 is 44.4 Å². The van der Waals surface area contributed by atoms with Gasteiger partial charge in [0.05, 0.1) is 11.7 Å². The molecule has 1 aliphatic rings. The topological polar surface area (TPSA) is 92.3 Å². The predicted molar refractivity (Wildman–Crippen MR) is 119 cm³/mol. The van der Waals surface area contributed by atoms with Gasteiger partial charge in [0.15, 0.2) is 0 Å². The van der Waals surface area contributed by atoms with Crippen molar-refractivity contribution in [2.24, 2.45) is 0 Å². The van der Waals surface area contributed by atoms with Crippen molar-refractivity contribution in [3.8, 4) is 0 Å². The second kappa shape index (κ2) is 7.84. The molecule has 1 amide bonds. The van der Waals surface area contributed by atoms with Crippen molar-refractivity contribution in [2.75, 3.05) is 11.4 Å². The van der Waals surface area contributed by atoms with Crippen molar-refractivity contribution in [1.29, 1.82) is 0 Å². The molecule has 1 atom stereocenters. The van der Waals surface area contributed by atoms with E-state index < -0.39 is 16.1 Å². The summed E-state index contributed by atoms with van der Waals surface area (Å²) in [6.45, 7) is 0.509. The number of sulfonamides is 1. The van der Waals surface area contributed by atoms with Crippen LogP contribution >= 0.6 is 11.7 Å². The number of nitrogens with zero attached hydrogens (tertiary/aromatic N) is 3. The van der Waals surface area contributed by atoms with Gasteiger partial charge in [0, 0.05) is 12.2 Å². The van der Waals surface area contributed by atoms with Crippen molar-refractivity contribution in [2.45, 2.75) is 17.4 Å². The fourth-order valence-corrected chi connectivity index (χ4v) is 5.79. The van der Waals surface area contributed by atoms with E-state index in [0.717, 1.165) is 29.4 Å². The molecule has 0 radical (unpaired) electrons. The van der Waals surface area contributed by atoms with E-state index in [1.807, 2.05) is 30.3 Å². The Morgan fingerprint density at radius 3 is 2.58 bits per heavy atom. The highest BCUT2D eigenvalue weighted by Gasteiger charge is 2.34. The monoisotopic (exact) mass is 450 g/mol. The van der Waals surface area contributed by atoms with Gasteiger partial charge in [-0.15, -0.1) is 0 Å². The van der Waals surface area contributed by atoms with Crippen LogP contribution in [-0.4, -0.2) is 29.6 Å². The molecule has 4 aromatic rings. The Balaban J connectivity index is 1.55. The summed E-state index contributed by atoms with van der Waals surface area (Å²) in [7, 11) is -4.05. The third-order valence-corrected chi connectivity index (χ3v) is 7.34. The van der Waals surface area contributed by atoms with E-state index in [4.69, 9.17) is 0 Å². The summed E-state index contributed by atoms with van der Waals surface area (Å²) >= 11 is 0.950. The van der Waals surface area contributed by atoms with Crippen molar-refractivity contribution in [3.05, 3.63) is 83.9 Å². The molecule has 9 heteroatoms. The molecule has 7 nitrogen and oxygen atoms in total. The van der Waals surface area contributed by atoms with Gasteiger partial charge in [-0.25, -0.2) is 8.42 Å².